The Morgan fingerprint density at radius 1 is 0.969 bits per heavy atom. The third kappa shape index (κ3) is 7.44. The van der Waals surface area contributed by atoms with E-state index in [1.807, 2.05) is 18.2 Å². The highest BCUT2D eigenvalue weighted by Gasteiger charge is 2.15. The van der Waals surface area contributed by atoms with Crippen LogP contribution in [0.15, 0.2) is 42.5 Å². The summed E-state index contributed by atoms with van der Waals surface area (Å²) in [5.74, 6) is 1.92. The molecule has 4 heteroatoms. The van der Waals surface area contributed by atoms with Gasteiger partial charge in [0.1, 0.15) is 0 Å². The maximum atomic E-state index is 12.7. The zero-order valence-corrected chi connectivity index (χ0v) is 20.5. The van der Waals surface area contributed by atoms with Gasteiger partial charge in [-0.2, -0.15) is 0 Å². The van der Waals surface area contributed by atoms with E-state index in [-0.39, 0.29) is 5.91 Å². The van der Waals surface area contributed by atoms with Crippen LogP contribution in [0, 0.1) is 0 Å². The van der Waals surface area contributed by atoms with E-state index in [1.54, 1.807) is 19.3 Å². The summed E-state index contributed by atoms with van der Waals surface area (Å²) >= 11 is 0. The van der Waals surface area contributed by atoms with Gasteiger partial charge in [-0.25, -0.2) is 0 Å². The molecule has 0 atom stereocenters. The number of ether oxygens (including phenoxy) is 2. The van der Waals surface area contributed by atoms with E-state index in [4.69, 9.17) is 9.47 Å². The number of hydrogen-bond donors (Lipinski definition) is 1. The molecule has 0 bridgehead atoms. The molecule has 0 aromatic heterocycles. The number of rotatable bonds is 12. The first kappa shape index (κ1) is 25.5. The summed E-state index contributed by atoms with van der Waals surface area (Å²) in [6.45, 7) is 11.5. The fraction of sp³-hybridized carbons (Fsp3) is 0.464. The molecule has 0 saturated heterocycles. The van der Waals surface area contributed by atoms with Crippen molar-refractivity contribution in [3.8, 4) is 11.5 Å². The zero-order valence-electron chi connectivity index (χ0n) is 20.5. The first-order valence-electron chi connectivity index (χ1n) is 11.8. The van der Waals surface area contributed by atoms with Crippen LogP contribution in [0.3, 0.4) is 0 Å². The predicted octanol–water partition coefficient (Wildman–Crippen LogP) is 7.55. The minimum Gasteiger partial charge on any atom is -0.493 e. The van der Waals surface area contributed by atoms with Crippen LogP contribution < -0.4 is 14.8 Å². The quantitative estimate of drug-likeness (QED) is 0.275. The topological polar surface area (TPSA) is 47.6 Å². The highest BCUT2D eigenvalue weighted by Crippen LogP contribution is 2.32. The van der Waals surface area contributed by atoms with Crippen LogP contribution in [0.1, 0.15) is 88.8 Å². The maximum Gasteiger partial charge on any atom is 0.248 e. The molecule has 2 aromatic rings. The Morgan fingerprint density at radius 3 is 2.25 bits per heavy atom. The lowest BCUT2D eigenvalue weighted by atomic mass is 9.92. The van der Waals surface area contributed by atoms with Gasteiger partial charge in [0.15, 0.2) is 11.5 Å². The number of carbonyl (C=O) groups is 1. The molecule has 0 aliphatic heterocycles. The molecule has 0 heterocycles. The van der Waals surface area contributed by atoms with E-state index in [9.17, 15) is 4.79 Å². The van der Waals surface area contributed by atoms with Gasteiger partial charge in [-0.05, 0) is 53.2 Å². The second-order valence-corrected chi connectivity index (χ2v) is 8.76. The van der Waals surface area contributed by atoms with E-state index in [2.05, 4.69) is 58.1 Å². The number of hydrogen-bond acceptors (Lipinski definition) is 3. The average Bonchev–Trinajstić information content (AvgIpc) is 2.77. The largest absolute Gasteiger partial charge is 0.493 e. The summed E-state index contributed by atoms with van der Waals surface area (Å²) in [5.41, 5.74) is 4.12. The molecular weight excluding hydrogens is 398 g/mol. The van der Waals surface area contributed by atoms with E-state index >= 15 is 0 Å². The van der Waals surface area contributed by atoms with E-state index in [0.29, 0.717) is 24.2 Å². The van der Waals surface area contributed by atoms with Crippen LogP contribution in [-0.4, -0.2) is 19.6 Å². The lowest BCUT2D eigenvalue weighted by Gasteiger charge is -2.19. The number of unbranched alkanes of at least 4 members (excludes halogenated alkanes) is 3. The van der Waals surface area contributed by atoms with Crippen molar-refractivity contribution >= 4 is 17.7 Å². The maximum absolute atomic E-state index is 12.7. The third-order valence-electron chi connectivity index (χ3n) is 5.49. The Kier molecular flexibility index (Phi) is 10.3. The van der Waals surface area contributed by atoms with E-state index < -0.39 is 0 Å². The first-order valence-corrected chi connectivity index (χ1v) is 11.8. The summed E-state index contributed by atoms with van der Waals surface area (Å²) in [5, 5.41) is 3.11. The van der Waals surface area contributed by atoms with Gasteiger partial charge in [0.2, 0.25) is 5.91 Å². The fourth-order valence-electron chi connectivity index (χ4n) is 3.65. The molecule has 0 unspecified atom stereocenters. The molecule has 0 spiro atoms. The van der Waals surface area contributed by atoms with Gasteiger partial charge in [0, 0.05) is 11.8 Å². The Morgan fingerprint density at radius 2 is 1.66 bits per heavy atom. The summed E-state index contributed by atoms with van der Waals surface area (Å²) < 4.78 is 11.4. The summed E-state index contributed by atoms with van der Waals surface area (Å²) in [7, 11) is 1.63. The number of amides is 1. The molecule has 32 heavy (non-hydrogen) atoms. The summed E-state index contributed by atoms with van der Waals surface area (Å²) in [6, 6.07) is 12.0. The molecule has 0 fully saturated rings. The number of nitrogens with one attached hydrogen (secondary N) is 1. The van der Waals surface area contributed by atoms with Gasteiger partial charge < -0.3 is 14.8 Å². The van der Waals surface area contributed by atoms with Gasteiger partial charge in [-0.3, -0.25) is 4.79 Å². The SMILES string of the molecule is CCCCCCOc1ccc(/C=C/C(=O)Nc2c(C(C)C)cccc2C(C)C)cc1OC. The second-order valence-electron chi connectivity index (χ2n) is 8.76. The Hall–Kier alpha value is -2.75. The monoisotopic (exact) mass is 437 g/mol. The van der Waals surface area contributed by atoms with Crippen LogP contribution in [-0.2, 0) is 4.79 Å². The normalized spacial score (nSPS) is 11.4. The first-order chi connectivity index (χ1) is 15.4. The minimum absolute atomic E-state index is 0.143. The average molecular weight is 438 g/mol. The van der Waals surface area contributed by atoms with Gasteiger partial charge in [0.25, 0.3) is 0 Å². The van der Waals surface area contributed by atoms with Crippen LogP contribution in [0.4, 0.5) is 5.69 Å². The summed E-state index contributed by atoms with van der Waals surface area (Å²) in [6.07, 6.45) is 8.02. The molecular formula is C28H39NO3. The number of benzene rings is 2. The second kappa shape index (κ2) is 12.9. The number of para-hydroxylation sites is 1. The smallest absolute Gasteiger partial charge is 0.248 e. The molecule has 4 nitrogen and oxygen atoms in total. The van der Waals surface area contributed by atoms with Crippen molar-refractivity contribution in [1.29, 1.82) is 0 Å². The van der Waals surface area contributed by atoms with Gasteiger partial charge in [0.05, 0.1) is 13.7 Å². The molecule has 0 aliphatic rings. The van der Waals surface area contributed by atoms with Crippen LogP contribution in [0.2, 0.25) is 0 Å². The van der Waals surface area contributed by atoms with Crippen molar-refractivity contribution in [1.82, 2.24) is 0 Å². The van der Waals surface area contributed by atoms with Crippen molar-refractivity contribution in [3.63, 3.8) is 0 Å². The fourth-order valence-corrected chi connectivity index (χ4v) is 3.65. The highest BCUT2D eigenvalue weighted by atomic mass is 16.5. The molecule has 0 radical (unpaired) electrons. The Labute approximate surface area is 194 Å². The molecule has 174 valence electrons. The van der Waals surface area contributed by atoms with Gasteiger partial charge in [-0.15, -0.1) is 0 Å². The number of anilines is 1. The number of methoxy groups -OCH3 is 1. The van der Waals surface area contributed by atoms with Crippen molar-refractivity contribution < 1.29 is 14.3 Å². The minimum atomic E-state index is -0.143. The lowest BCUT2D eigenvalue weighted by molar-refractivity contribution is -0.111. The highest BCUT2D eigenvalue weighted by molar-refractivity contribution is 6.03. The van der Waals surface area contributed by atoms with E-state index in [1.165, 1.54) is 19.3 Å². The molecule has 0 saturated carbocycles. The number of carbonyl (C=O) groups excluding carboxylic acids is 1. The summed E-state index contributed by atoms with van der Waals surface area (Å²) in [4.78, 5) is 12.7. The lowest BCUT2D eigenvalue weighted by Crippen LogP contribution is -2.13. The van der Waals surface area contributed by atoms with Crippen LogP contribution in [0.25, 0.3) is 6.08 Å². The molecule has 2 aromatic carbocycles. The van der Waals surface area contributed by atoms with E-state index in [0.717, 1.165) is 34.5 Å². The molecule has 2 rings (SSSR count). The van der Waals surface area contributed by atoms with Crippen LogP contribution in [0.5, 0.6) is 11.5 Å². The van der Waals surface area contributed by atoms with Crippen molar-refractivity contribution in [3.05, 3.63) is 59.2 Å². The van der Waals surface area contributed by atoms with Crippen molar-refractivity contribution in [2.45, 2.75) is 72.1 Å². The Bertz CT molecular complexity index is 873. The van der Waals surface area contributed by atoms with Gasteiger partial charge in [-0.1, -0.05) is 78.1 Å². The van der Waals surface area contributed by atoms with Crippen LogP contribution >= 0.6 is 0 Å². The van der Waals surface area contributed by atoms with Gasteiger partial charge >= 0.3 is 0 Å². The molecule has 1 N–H and O–H groups in total. The zero-order chi connectivity index (χ0) is 23.5. The predicted molar refractivity (Wildman–Crippen MR) is 135 cm³/mol. The molecule has 0 aliphatic carbocycles. The van der Waals surface area contributed by atoms with Crippen molar-refractivity contribution in [2.24, 2.45) is 0 Å². The molecule has 1 amide bonds. The standard InChI is InChI=1S/C28H39NO3/c1-7-8-9-10-18-32-25-16-14-22(19-26(25)31-6)15-17-27(30)29-28-23(20(2)3)12-11-13-24(28)21(4)5/h11-17,19-21H,7-10,18H2,1-6H3,(H,29,30)/b17-15+. The van der Waals surface area contributed by atoms with Crippen molar-refractivity contribution in [2.75, 3.05) is 19.0 Å². The third-order valence-corrected chi connectivity index (χ3v) is 5.49. The Balaban J connectivity index is 2.09.